The predicted octanol–water partition coefficient (Wildman–Crippen LogP) is 4.46. The van der Waals surface area contributed by atoms with Gasteiger partial charge in [-0.3, -0.25) is 9.78 Å². The number of H-pyrrole nitrogens is 1. The zero-order valence-electron chi connectivity index (χ0n) is 12.4. The van der Waals surface area contributed by atoms with Gasteiger partial charge in [0.05, 0.1) is 17.0 Å². The minimum atomic E-state index is 0.00343. The third kappa shape index (κ3) is 2.32. The molecule has 2 heterocycles. The number of pyridine rings is 1. The maximum Gasteiger partial charge on any atom is 0.195 e. The van der Waals surface area contributed by atoms with Crippen molar-refractivity contribution < 1.29 is 4.79 Å². The monoisotopic (exact) mass is 298 g/mol. The molecule has 0 fully saturated rings. The number of hydrogen-bond donors (Lipinski definition) is 1. The fourth-order valence-corrected chi connectivity index (χ4v) is 2.81. The Morgan fingerprint density at radius 3 is 2.35 bits per heavy atom. The summed E-state index contributed by atoms with van der Waals surface area (Å²) in [6, 6.07) is 22.9. The van der Waals surface area contributed by atoms with Crippen molar-refractivity contribution in [1.82, 2.24) is 9.97 Å². The molecule has 0 aliphatic rings. The Hall–Kier alpha value is -3.20. The van der Waals surface area contributed by atoms with Gasteiger partial charge in [0, 0.05) is 22.7 Å². The Morgan fingerprint density at radius 1 is 0.826 bits per heavy atom. The number of fused-ring (bicyclic) bond motifs is 1. The Morgan fingerprint density at radius 2 is 1.57 bits per heavy atom. The molecule has 0 aliphatic carbocycles. The lowest BCUT2D eigenvalue weighted by Gasteiger charge is -2.04. The minimum absolute atomic E-state index is 0.00343. The molecule has 0 saturated heterocycles. The molecular weight excluding hydrogens is 284 g/mol. The van der Waals surface area contributed by atoms with E-state index in [0.29, 0.717) is 11.1 Å². The normalized spacial score (nSPS) is 10.8. The Labute approximate surface area is 133 Å². The molecule has 3 nitrogen and oxygen atoms in total. The number of aromatic nitrogens is 2. The molecule has 0 bridgehead atoms. The van der Waals surface area contributed by atoms with Crippen molar-refractivity contribution in [2.75, 3.05) is 0 Å². The quantitative estimate of drug-likeness (QED) is 0.567. The van der Waals surface area contributed by atoms with Crippen LogP contribution in [0.4, 0.5) is 0 Å². The third-order valence-electron chi connectivity index (χ3n) is 3.89. The molecule has 3 heteroatoms. The lowest BCUT2D eigenvalue weighted by molar-refractivity contribution is 0.104. The highest BCUT2D eigenvalue weighted by molar-refractivity contribution is 6.20. The maximum absolute atomic E-state index is 13.1. The first-order valence-electron chi connectivity index (χ1n) is 7.46. The number of carbonyl (C=O) groups is 1. The van der Waals surface area contributed by atoms with E-state index < -0.39 is 0 Å². The summed E-state index contributed by atoms with van der Waals surface area (Å²) in [5, 5.41) is 0.919. The topological polar surface area (TPSA) is 45.8 Å². The Balaban J connectivity index is 1.99. The second-order valence-corrected chi connectivity index (χ2v) is 5.33. The van der Waals surface area contributed by atoms with Crippen LogP contribution in [0.2, 0.25) is 0 Å². The molecule has 110 valence electrons. The summed E-state index contributed by atoms with van der Waals surface area (Å²) in [5.41, 5.74) is 3.82. The average Bonchev–Trinajstić information content (AvgIpc) is 3.02. The van der Waals surface area contributed by atoms with Crippen LogP contribution in [0, 0.1) is 0 Å². The highest BCUT2D eigenvalue weighted by atomic mass is 16.1. The summed E-state index contributed by atoms with van der Waals surface area (Å²) in [5.74, 6) is 0.00343. The Bertz CT molecular complexity index is 972. The van der Waals surface area contributed by atoms with Crippen LogP contribution < -0.4 is 0 Å². The van der Waals surface area contributed by atoms with Crippen LogP contribution in [-0.4, -0.2) is 15.8 Å². The fourth-order valence-electron chi connectivity index (χ4n) is 2.81. The molecule has 0 spiro atoms. The minimum Gasteiger partial charge on any atom is -0.353 e. The smallest absolute Gasteiger partial charge is 0.195 e. The first kappa shape index (κ1) is 13.5. The molecular formula is C20H14N2O. The molecule has 2 aromatic carbocycles. The van der Waals surface area contributed by atoms with Gasteiger partial charge in [0.25, 0.3) is 0 Å². The van der Waals surface area contributed by atoms with Gasteiger partial charge in [-0.25, -0.2) is 0 Å². The summed E-state index contributed by atoms with van der Waals surface area (Å²) in [7, 11) is 0. The summed E-state index contributed by atoms with van der Waals surface area (Å²) in [6.45, 7) is 0. The highest BCUT2D eigenvalue weighted by Gasteiger charge is 2.21. The molecule has 4 rings (SSSR count). The maximum atomic E-state index is 13.1. The van der Waals surface area contributed by atoms with E-state index in [1.807, 2.05) is 72.8 Å². The first-order chi connectivity index (χ1) is 11.3. The van der Waals surface area contributed by atoms with E-state index >= 15 is 0 Å². The molecule has 4 aromatic rings. The number of aromatic amines is 1. The van der Waals surface area contributed by atoms with Crippen LogP contribution in [0.5, 0.6) is 0 Å². The van der Waals surface area contributed by atoms with Gasteiger partial charge < -0.3 is 4.98 Å². The van der Waals surface area contributed by atoms with Gasteiger partial charge in [0.2, 0.25) is 0 Å². The molecule has 0 aliphatic heterocycles. The summed E-state index contributed by atoms with van der Waals surface area (Å²) in [4.78, 5) is 20.8. The van der Waals surface area contributed by atoms with Crippen LogP contribution in [-0.2, 0) is 0 Å². The number of carbonyl (C=O) groups excluding carboxylic acids is 1. The lowest BCUT2D eigenvalue weighted by atomic mass is 9.99. The van der Waals surface area contributed by atoms with Gasteiger partial charge in [-0.05, 0) is 18.2 Å². The molecule has 2 aromatic heterocycles. The number of para-hydroxylation sites is 1. The van der Waals surface area contributed by atoms with Crippen molar-refractivity contribution >= 4 is 16.7 Å². The Kier molecular flexibility index (Phi) is 3.24. The van der Waals surface area contributed by atoms with Gasteiger partial charge >= 0.3 is 0 Å². The van der Waals surface area contributed by atoms with Crippen molar-refractivity contribution in [3.8, 4) is 11.4 Å². The van der Waals surface area contributed by atoms with Crippen molar-refractivity contribution in [3.05, 3.63) is 90.1 Å². The van der Waals surface area contributed by atoms with Gasteiger partial charge in [0.1, 0.15) is 0 Å². The first-order valence-corrected chi connectivity index (χ1v) is 7.46. The fraction of sp³-hybridized carbons (Fsp3) is 0. The SMILES string of the molecule is O=C(c1ccccc1)c1c(-c2ccccn2)[nH]c2ccccc12. The van der Waals surface area contributed by atoms with Gasteiger partial charge in [-0.1, -0.05) is 54.6 Å². The third-order valence-corrected chi connectivity index (χ3v) is 3.89. The molecule has 0 radical (unpaired) electrons. The second-order valence-electron chi connectivity index (χ2n) is 5.33. The highest BCUT2D eigenvalue weighted by Crippen LogP contribution is 2.31. The van der Waals surface area contributed by atoms with Crippen molar-refractivity contribution in [2.24, 2.45) is 0 Å². The van der Waals surface area contributed by atoms with Crippen molar-refractivity contribution in [1.29, 1.82) is 0 Å². The van der Waals surface area contributed by atoms with Crippen LogP contribution >= 0.6 is 0 Å². The van der Waals surface area contributed by atoms with E-state index in [1.54, 1.807) is 6.20 Å². The van der Waals surface area contributed by atoms with Gasteiger partial charge in [-0.2, -0.15) is 0 Å². The van der Waals surface area contributed by atoms with E-state index in [4.69, 9.17) is 0 Å². The van der Waals surface area contributed by atoms with E-state index in [1.165, 1.54) is 0 Å². The zero-order valence-corrected chi connectivity index (χ0v) is 12.4. The standard InChI is InChI=1S/C20H14N2O/c23-20(14-8-2-1-3-9-14)18-15-10-4-5-11-16(15)22-19(18)17-12-6-7-13-21-17/h1-13,22H. The molecule has 0 amide bonds. The van der Waals surface area contributed by atoms with Crippen LogP contribution in [0.25, 0.3) is 22.3 Å². The predicted molar refractivity (Wildman–Crippen MR) is 91.4 cm³/mol. The number of benzene rings is 2. The zero-order chi connectivity index (χ0) is 15.6. The summed E-state index contributed by atoms with van der Waals surface area (Å²) in [6.07, 6.45) is 1.73. The van der Waals surface area contributed by atoms with Crippen LogP contribution in [0.15, 0.2) is 79.0 Å². The van der Waals surface area contributed by atoms with Crippen LogP contribution in [0.3, 0.4) is 0 Å². The van der Waals surface area contributed by atoms with E-state index in [-0.39, 0.29) is 5.78 Å². The number of rotatable bonds is 3. The second kappa shape index (κ2) is 5.54. The molecule has 0 atom stereocenters. The molecule has 1 N–H and O–H groups in total. The number of nitrogens with one attached hydrogen (secondary N) is 1. The van der Waals surface area contributed by atoms with Crippen molar-refractivity contribution in [3.63, 3.8) is 0 Å². The molecule has 0 unspecified atom stereocenters. The molecule has 23 heavy (non-hydrogen) atoms. The lowest BCUT2D eigenvalue weighted by Crippen LogP contribution is -2.02. The summed E-state index contributed by atoms with van der Waals surface area (Å²) >= 11 is 0. The summed E-state index contributed by atoms with van der Waals surface area (Å²) < 4.78 is 0. The number of ketones is 1. The van der Waals surface area contributed by atoms with Crippen molar-refractivity contribution in [2.45, 2.75) is 0 Å². The van der Waals surface area contributed by atoms with Gasteiger partial charge in [0.15, 0.2) is 5.78 Å². The molecule has 0 saturated carbocycles. The van der Waals surface area contributed by atoms with E-state index in [9.17, 15) is 4.79 Å². The average molecular weight is 298 g/mol. The van der Waals surface area contributed by atoms with Gasteiger partial charge in [-0.15, -0.1) is 0 Å². The largest absolute Gasteiger partial charge is 0.353 e. The number of hydrogen-bond acceptors (Lipinski definition) is 2. The van der Waals surface area contributed by atoms with Crippen LogP contribution in [0.1, 0.15) is 15.9 Å². The number of nitrogens with zero attached hydrogens (tertiary/aromatic N) is 1. The van der Waals surface area contributed by atoms with E-state index in [0.717, 1.165) is 22.3 Å². The van der Waals surface area contributed by atoms with E-state index in [2.05, 4.69) is 9.97 Å².